The van der Waals surface area contributed by atoms with Crippen LogP contribution in [0.25, 0.3) is 22.3 Å². The van der Waals surface area contributed by atoms with Crippen LogP contribution in [0.1, 0.15) is 32.1 Å². The topological polar surface area (TPSA) is 78.4 Å². The fourth-order valence-corrected chi connectivity index (χ4v) is 3.75. The van der Waals surface area contributed by atoms with E-state index in [0.717, 1.165) is 27.8 Å². The highest BCUT2D eigenvalue weighted by molar-refractivity contribution is 5.99. The first-order chi connectivity index (χ1) is 16.1. The summed E-state index contributed by atoms with van der Waals surface area (Å²) in [6.07, 6.45) is 3.89. The van der Waals surface area contributed by atoms with Gasteiger partial charge in [0, 0.05) is 18.8 Å². The van der Waals surface area contributed by atoms with E-state index in [1.165, 1.54) is 14.2 Å². The van der Waals surface area contributed by atoms with Crippen LogP contribution in [0.4, 0.5) is 0 Å². The van der Waals surface area contributed by atoms with Gasteiger partial charge in [0.2, 0.25) is 0 Å². The molecule has 0 aliphatic carbocycles. The smallest absolute Gasteiger partial charge is 0.338 e. The first-order valence-electron chi connectivity index (χ1n) is 10.4. The summed E-state index contributed by atoms with van der Waals surface area (Å²) in [4.78, 5) is 33.5. The largest absolute Gasteiger partial charge is 0.465 e. The maximum absolute atomic E-state index is 12.4. The van der Waals surface area contributed by atoms with Crippen molar-refractivity contribution < 1.29 is 19.1 Å². The fraction of sp³-hybridized carbons (Fsp3) is 0.111. The van der Waals surface area contributed by atoms with E-state index < -0.39 is 11.9 Å². The van der Waals surface area contributed by atoms with Gasteiger partial charge in [0.25, 0.3) is 0 Å². The molecule has 0 fully saturated rings. The van der Waals surface area contributed by atoms with Gasteiger partial charge < -0.3 is 9.47 Å². The zero-order chi connectivity index (χ0) is 23.2. The molecule has 0 N–H and O–H groups in total. The Kier molecular flexibility index (Phi) is 6.55. The summed E-state index contributed by atoms with van der Waals surface area (Å²) >= 11 is 0. The number of hydrogen-bond acceptors (Lipinski definition) is 6. The Balaban J connectivity index is 1.92. The molecule has 0 amide bonds. The van der Waals surface area contributed by atoms with Gasteiger partial charge in [-0.3, -0.25) is 0 Å². The number of esters is 2. The normalized spacial score (nSPS) is 10.5. The molecule has 0 spiro atoms. The third-order valence-corrected chi connectivity index (χ3v) is 5.26. The van der Waals surface area contributed by atoms with E-state index in [-0.39, 0.29) is 0 Å². The molecule has 4 aromatic rings. The molecule has 4 rings (SSSR count). The molecule has 0 radical (unpaired) electrons. The van der Waals surface area contributed by atoms with Crippen LogP contribution in [0.3, 0.4) is 0 Å². The second-order valence-electron chi connectivity index (χ2n) is 7.33. The van der Waals surface area contributed by atoms with Crippen molar-refractivity contribution in [2.45, 2.75) is 6.42 Å². The molecule has 0 atom stereocenters. The fourth-order valence-electron chi connectivity index (χ4n) is 3.75. The Bertz CT molecular complexity index is 1220. The van der Waals surface area contributed by atoms with E-state index in [4.69, 9.17) is 9.47 Å². The Labute approximate surface area is 191 Å². The summed E-state index contributed by atoms with van der Waals surface area (Å²) in [7, 11) is 2.72. The molecule has 0 saturated carbocycles. The second-order valence-corrected chi connectivity index (χ2v) is 7.33. The van der Waals surface area contributed by atoms with Gasteiger partial charge in [-0.1, -0.05) is 48.5 Å². The Morgan fingerprint density at radius 3 is 1.67 bits per heavy atom. The molecule has 33 heavy (non-hydrogen) atoms. The quantitative estimate of drug-likeness (QED) is 0.395. The summed E-state index contributed by atoms with van der Waals surface area (Å²) in [6, 6.07) is 22.3. The minimum absolute atomic E-state index is 0.418. The predicted octanol–water partition coefficient (Wildman–Crippen LogP) is 4.97. The van der Waals surface area contributed by atoms with E-state index in [9.17, 15) is 9.59 Å². The van der Waals surface area contributed by atoms with E-state index in [1.807, 2.05) is 42.5 Å². The molecule has 1 aromatic heterocycles. The average Bonchev–Trinajstić information content (AvgIpc) is 2.88. The highest BCUT2D eigenvalue weighted by Crippen LogP contribution is 2.33. The molecule has 164 valence electrons. The number of benzene rings is 3. The summed E-state index contributed by atoms with van der Waals surface area (Å²) in [5.41, 5.74) is 4.96. The van der Waals surface area contributed by atoms with Gasteiger partial charge in [0.05, 0.1) is 25.3 Å². The van der Waals surface area contributed by atoms with Crippen LogP contribution in [0, 0.1) is 0 Å². The molecular weight excluding hydrogens is 416 g/mol. The number of nitrogens with zero attached hydrogens (tertiary/aromatic N) is 2. The number of rotatable bonds is 6. The summed E-state index contributed by atoms with van der Waals surface area (Å²) < 4.78 is 9.97. The minimum atomic E-state index is -0.418. The molecule has 3 aromatic carbocycles. The molecule has 0 unspecified atom stereocenters. The maximum atomic E-state index is 12.4. The first-order valence-corrected chi connectivity index (χ1v) is 10.4. The average molecular weight is 438 g/mol. The molecule has 6 heteroatoms. The number of carbonyl (C=O) groups is 2. The summed E-state index contributed by atoms with van der Waals surface area (Å²) in [5, 5.41) is 0. The Hall–Kier alpha value is -4.32. The molecule has 0 saturated heterocycles. The van der Waals surface area contributed by atoms with Crippen LogP contribution in [-0.4, -0.2) is 36.1 Å². The van der Waals surface area contributed by atoms with Gasteiger partial charge in [-0.15, -0.1) is 0 Å². The number of methoxy groups -OCH3 is 2. The lowest BCUT2D eigenvalue weighted by Crippen LogP contribution is -2.05. The molecule has 0 aliphatic heterocycles. The van der Waals surface area contributed by atoms with Crippen molar-refractivity contribution in [1.29, 1.82) is 0 Å². The van der Waals surface area contributed by atoms with Crippen molar-refractivity contribution in [1.82, 2.24) is 9.97 Å². The number of hydrogen-bond donors (Lipinski definition) is 0. The molecule has 1 heterocycles. The predicted molar refractivity (Wildman–Crippen MR) is 125 cm³/mol. The van der Waals surface area contributed by atoms with Crippen LogP contribution in [0.5, 0.6) is 0 Å². The van der Waals surface area contributed by atoms with E-state index in [2.05, 4.69) is 9.97 Å². The Morgan fingerprint density at radius 1 is 0.697 bits per heavy atom. The molecule has 0 aliphatic rings. The summed E-state index contributed by atoms with van der Waals surface area (Å²) in [6.45, 7) is 0. The van der Waals surface area contributed by atoms with Crippen LogP contribution in [0.15, 0.2) is 85.2 Å². The molecular formula is C27H22N2O4. The number of carbonyl (C=O) groups excluding carboxylic acids is 2. The number of ether oxygens (including phenoxy) is 2. The van der Waals surface area contributed by atoms with Gasteiger partial charge in [0.1, 0.15) is 5.82 Å². The van der Waals surface area contributed by atoms with E-state index in [0.29, 0.717) is 23.4 Å². The van der Waals surface area contributed by atoms with Crippen molar-refractivity contribution in [3.63, 3.8) is 0 Å². The lowest BCUT2D eigenvalue weighted by Gasteiger charge is -2.14. The van der Waals surface area contributed by atoms with Crippen LogP contribution >= 0.6 is 0 Å². The van der Waals surface area contributed by atoms with Crippen LogP contribution in [0.2, 0.25) is 0 Å². The van der Waals surface area contributed by atoms with Gasteiger partial charge >= 0.3 is 11.9 Å². The Morgan fingerprint density at radius 2 is 1.18 bits per heavy atom. The van der Waals surface area contributed by atoms with Crippen molar-refractivity contribution >= 4 is 11.9 Å². The lowest BCUT2D eigenvalue weighted by molar-refractivity contribution is 0.0592. The first kappa shape index (κ1) is 21.9. The third-order valence-electron chi connectivity index (χ3n) is 5.26. The lowest BCUT2D eigenvalue weighted by atomic mass is 9.91. The second kappa shape index (κ2) is 9.87. The van der Waals surface area contributed by atoms with Gasteiger partial charge in [0.15, 0.2) is 0 Å². The maximum Gasteiger partial charge on any atom is 0.338 e. The van der Waals surface area contributed by atoms with Crippen molar-refractivity contribution in [3.05, 3.63) is 108 Å². The summed E-state index contributed by atoms with van der Waals surface area (Å²) in [5.74, 6) is -0.166. The van der Waals surface area contributed by atoms with Gasteiger partial charge in [-0.05, 0) is 52.1 Å². The van der Waals surface area contributed by atoms with E-state index >= 15 is 0 Å². The minimum Gasteiger partial charge on any atom is -0.465 e. The molecule has 6 nitrogen and oxygen atoms in total. The third kappa shape index (κ3) is 4.80. The molecule has 0 bridgehead atoms. The van der Waals surface area contributed by atoms with Crippen LogP contribution < -0.4 is 0 Å². The van der Waals surface area contributed by atoms with E-state index in [1.54, 1.807) is 42.7 Å². The monoisotopic (exact) mass is 438 g/mol. The SMILES string of the molecule is COC(=O)c1ccccc1-c1cc(Cc2ncccn2)cc(-c2ccccc2C(=O)OC)c1. The zero-order valence-electron chi connectivity index (χ0n) is 18.3. The zero-order valence-corrected chi connectivity index (χ0v) is 18.3. The van der Waals surface area contributed by atoms with Crippen molar-refractivity contribution in [2.75, 3.05) is 14.2 Å². The van der Waals surface area contributed by atoms with Gasteiger partial charge in [-0.2, -0.15) is 0 Å². The highest BCUT2D eigenvalue weighted by atomic mass is 16.5. The highest BCUT2D eigenvalue weighted by Gasteiger charge is 2.17. The number of aromatic nitrogens is 2. The van der Waals surface area contributed by atoms with Gasteiger partial charge in [-0.25, -0.2) is 19.6 Å². The van der Waals surface area contributed by atoms with Crippen molar-refractivity contribution in [2.24, 2.45) is 0 Å². The van der Waals surface area contributed by atoms with Crippen molar-refractivity contribution in [3.8, 4) is 22.3 Å². The standard InChI is InChI=1S/C27H22N2O4/c1-32-26(30)23-10-5-3-8-21(23)19-14-18(16-25-28-12-7-13-29-25)15-20(17-19)22-9-4-6-11-24(22)27(31)33-2/h3-15,17H,16H2,1-2H3. The van der Waals surface area contributed by atoms with Crippen LogP contribution in [-0.2, 0) is 15.9 Å².